The lowest BCUT2D eigenvalue weighted by molar-refractivity contribution is -0.0461. The predicted octanol–water partition coefficient (Wildman–Crippen LogP) is 4.73. The van der Waals surface area contributed by atoms with E-state index in [0.29, 0.717) is 29.8 Å². The fraction of sp³-hybridized carbons (Fsp3) is 0.308. The molecular formula is C26H26ClN3O2. The van der Waals surface area contributed by atoms with Gasteiger partial charge in [-0.05, 0) is 79.6 Å². The van der Waals surface area contributed by atoms with Crippen molar-refractivity contribution in [1.29, 1.82) is 0 Å². The van der Waals surface area contributed by atoms with Gasteiger partial charge in [-0.2, -0.15) is 5.10 Å². The summed E-state index contributed by atoms with van der Waals surface area (Å²) in [6.45, 7) is 2.16. The van der Waals surface area contributed by atoms with Gasteiger partial charge in [0, 0.05) is 16.0 Å². The lowest BCUT2D eigenvalue weighted by Crippen LogP contribution is -2.45. The van der Waals surface area contributed by atoms with Crippen molar-refractivity contribution in [2.24, 2.45) is 11.1 Å². The molecule has 1 saturated carbocycles. The van der Waals surface area contributed by atoms with E-state index < -0.39 is 11.5 Å². The molecule has 2 aliphatic rings. The predicted molar refractivity (Wildman–Crippen MR) is 126 cm³/mol. The van der Waals surface area contributed by atoms with Gasteiger partial charge in [-0.3, -0.25) is 4.79 Å². The smallest absolute Gasteiger partial charge is 0.248 e. The summed E-state index contributed by atoms with van der Waals surface area (Å²) in [5, 5.41) is 17.1. The van der Waals surface area contributed by atoms with Crippen LogP contribution >= 0.6 is 11.6 Å². The van der Waals surface area contributed by atoms with Crippen molar-refractivity contribution < 1.29 is 9.90 Å². The molecule has 3 N–H and O–H groups in total. The van der Waals surface area contributed by atoms with E-state index in [9.17, 15) is 9.90 Å². The molecule has 1 fully saturated rings. The van der Waals surface area contributed by atoms with E-state index in [1.807, 2.05) is 53.3 Å². The Bertz CT molecular complexity index is 1230. The fourth-order valence-electron chi connectivity index (χ4n) is 5.44. The largest absolute Gasteiger partial charge is 0.389 e. The molecule has 2 aliphatic carbocycles. The van der Waals surface area contributed by atoms with Crippen LogP contribution in [0.4, 0.5) is 0 Å². The molecule has 32 heavy (non-hydrogen) atoms. The number of nitrogens with zero attached hydrogens (tertiary/aromatic N) is 2. The van der Waals surface area contributed by atoms with E-state index in [1.54, 1.807) is 6.07 Å². The second kappa shape index (κ2) is 7.61. The van der Waals surface area contributed by atoms with Crippen LogP contribution < -0.4 is 5.73 Å². The van der Waals surface area contributed by atoms with Gasteiger partial charge in [-0.15, -0.1) is 0 Å². The number of carbonyl (C=O) groups excluding carboxylic acids is 1. The highest BCUT2D eigenvalue weighted by molar-refractivity contribution is 6.30. The standard InChI is InChI=1S/C26H26ClN3O2/c1-25-15-18-16-29-30(21-8-6-20(27)7-9-21)23(18)14-19(25)11-13-26(25,32)12-10-17-4-2-3-5-22(17)24(28)31/h2-9,14,16,32H,10-13,15H2,1H3,(H2,28,31)/t25-,26-/m0/s1. The van der Waals surface area contributed by atoms with Crippen LogP contribution in [0.25, 0.3) is 11.8 Å². The summed E-state index contributed by atoms with van der Waals surface area (Å²) >= 11 is 6.05. The first-order valence-electron chi connectivity index (χ1n) is 10.9. The zero-order valence-corrected chi connectivity index (χ0v) is 18.8. The third-order valence-electron chi connectivity index (χ3n) is 7.45. The second-order valence-electron chi connectivity index (χ2n) is 9.17. The van der Waals surface area contributed by atoms with Crippen LogP contribution in [0.2, 0.25) is 5.02 Å². The highest BCUT2D eigenvalue weighted by atomic mass is 35.5. The maximum absolute atomic E-state index is 11.8. The molecule has 6 heteroatoms. The summed E-state index contributed by atoms with van der Waals surface area (Å²) in [7, 11) is 0. The number of aliphatic hydroxyl groups is 1. The van der Waals surface area contributed by atoms with Crippen molar-refractivity contribution in [2.45, 2.75) is 44.6 Å². The van der Waals surface area contributed by atoms with Crippen LogP contribution in [-0.2, 0) is 12.8 Å². The van der Waals surface area contributed by atoms with E-state index >= 15 is 0 Å². The van der Waals surface area contributed by atoms with Crippen LogP contribution in [0, 0.1) is 5.41 Å². The number of aryl methyl sites for hydroxylation is 1. The number of nitrogens with two attached hydrogens (primary N) is 1. The lowest BCUT2D eigenvalue weighted by atomic mass is 9.65. The molecule has 0 bridgehead atoms. The quantitative estimate of drug-likeness (QED) is 0.593. The summed E-state index contributed by atoms with van der Waals surface area (Å²) in [4.78, 5) is 11.8. The highest BCUT2D eigenvalue weighted by Crippen LogP contribution is 2.56. The SMILES string of the molecule is C[C@]12Cc3cnn(-c4ccc(Cl)cc4)c3C=C1CC[C@@]2(O)CCc1ccccc1C(N)=O. The Labute approximate surface area is 192 Å². The number of aromatic nitrogens is 2. The van der Waals surface area contributed by atoms with Gasteiger partial charge >= 0.3 is 0 Å². The molecule has 0 spiro atoms. The van der Waals surface area contributed by atoms with Gasteiger partial charge in [0.1, 0.15) is 0 Å². The van der Waals surface area contributed by atoms with Gasteiger partial charge in [0.05, 0.1) is 23.2 Å². The minimum Gasteiger partial charge on any atom is -0.389 e. The van der Waals surface area contributed by atoms with E-state index in [4.69, 9.17) is 17.3 Å². The molecule has 0 aliphatic heterocycles. The summed E-state index contributed by atoms with van der Waals surface area (Å²) in [5.74, 6) is -0.428. The molecule has 0 unspecified atom stereocenters. The molecule has 2 aromatic carbocycles. The molecule has 0 saturated heterocycles. The van der Waals surface area contributed by atoms with Crippen LogP contribution in [0.5, 0.6) is 0 Å². The first-order valence-corrected chi connectivity index (χ1v) is 11.3. The van der Waals surface area contributed by atoms with Crippen molar-refractivity contribution in [3.05, 3.63) is 87.7 Å². The number of carbonyl (C=O) groups is 1. The number of hydrogen-bond acceptors (Lipinski definition) is 3. The molecule has 5 nitrogen and oxygen atoms in total. The number of benzene rings is 2. The number of halogens is 1. The molecule has 3 aromatic rings. The van der Waals surface area contributed by atoms with Gasteiger partial charge in [-0.1, -0.05) is 42.3 Å². The van der Waals surface area contributed by atoms with Crippen LogP contribution in [0.15, 0.2) is 60.3 Å². The maximum atomic E-state index is 11.8. The number of hydrogen-bond donors (Lipinski definition) is 2. The Morgan fingerprint density at radius 2 is 1.97 bits per heavy atom. The van der Waals surface area contributed by atoms with E-state index in [2.05, 4.69) is 18.1 Å². The molecule has 1 aromatic heterocycles. The van der Waals surface area contributed by atoms with Crippen molar-refractivity contribution in [2.75, 3.05) is 0 Å². The Hall–Kier alpha value is -2.89. The van der Waals surface area contributed by atoms with Crippen molar-refractivity contribution in [1.82, 2.24) is 9.78 Å². The Morgan fingerprint density at radius 3 is 2.72 bits per heavy atom. The van der Waals surface area contributed by atoms with E-state index in [0.717, 1.165) is 35.3 Å². The number of primary amides is 1. The molecular weight excluding hydrogens is 422 g/mol. The first-order chi connectivity index (χ1) is 15.3. The topological polar surface area (TPSA) is 81.1 Å². The number of rotatable bonds is 5. The van der Waals surface area contributed by atoms with E-state index in [-0.39, 0.29) is 5.41 Å². The van der Waals surface area contributed by atoms with Gasteiger partial charge in [0.25, 0.3) is 0 Å². The third kappa shape index (κ3) is 3.28. The molecule has 164 valence electrons. The Balaban J connectivity index is 1.44. The van der Waals surface area contributed by atoms with Crippen molar-refractivity contribution in [3.8, 4) is 5.69 Å². The van der Waals surface area contributed by atoms with Gasteiger partial charge < -0.3 is 10.8 Å². The minimum atomic E-state index is -0.857. The summed E-state index contributed by atoms with van der Waals surface area (Å²) in [6.07, 6.45) is 7.57. The Morgan fingerprint density at radius 1 is 1.22 bits per heavy atom. The van der Waals surface area contributed by atoms with Gasteiger partial charge in [0.15, 0.2) is 0 Å². The zero-order valence-electron chi connectivity index (χ0n) is 18.0. The number of amides is 1. The van der Waals surface area contributed by atoms with Crippen molar-refractivity contribution >= 4 is 23.6 Å². The molecule has 1 amide bonds. The minimum absolute atomic E-state index is 0.366. The molecule has 0 radical (unpaired) electrons. The zero-order chi connectivity index (χ0) is 22.5. The number of fused-ring (bicyclic) bond motifs is 2. The molecule has 5 rings (SSSR count). The first kappa shape index (κ1) is 21.0. The normalized spacial score (nSPS) is 24.0. The molecule has 2 atom stereocenters. The van der Waals surface area contributed by atoms with Crippen LogP contribution in [-0.4, -0.2) is 26.4 Å². The van der Waals surface area contributed by atoms with Gasteiger partial charge in [-0.25, -0.2) is 4.68 Å². The van der Waals surface area contributed by atoms with Gasteiger partial charge in [0.2, 0.25) is 5.91 Å². The van der Waals surface area contributed by atoms with Crippen molar-refractivity contribution in [3.63, 3.8) is 0 Å². The summed E-state index contributed by atoms with van der Waals surface area (Å²) in [6, 6.07) is 15.1. The van der Waals surface area contributed by atoms with E-state index in [1.165, 1.54) is 5.57 Å². The summed E-state index contributed by atoms with van der Waals surface area (Å²) < 4.78 is 1.94. The average molecular weight is 448 g/mol. The second-order valence-corrected chi connectivity index (χ2v) is 9.61. The lowest BCUT2D eigenvalue weighted by Gasteiger charge is -2.42. The van der Waals surface area contributed by atoms with Crippen LogP contribution in [0.1, 0.15) is 53.4 Å². The average Bonchev–Trinajstić information content (AvgIpc) is 3.29. The highest BCUT2D eigenvalue weighted by Gasteiger charge is 2.54. The third-order valence-corrected chi connectivity index (χ3v) is 7.70. The maximum Gasteiger partial charge on any atom is 0.248 e. The fourth-order valence-corrected chi connectivity index (χ4v) is 5.56. The molecule has 1 heterocycles. The Kier molecular flexibility index (Phi) is 4.99. The summed E-state index contributed by atoms with van der Waals surface area (Å²) in [5.41, 5.74) is 10.2. The van der Waals surface area contributed by atoms with Crippen LogP contribution in [0.3, 0.4) is 0 Å². The monoisotopic (exact) mass is 447 g/mol.